The van der Waals surface area contributed by atoms with Gasteiger partial charge >= 0.3 is 0 Å². The van der Waals surface area contributed by atoms with Crippen LogP contribution in [0.15, 0.2) is 287 Å². The molecule has 2 aliphatic rings. The van der Waals surface area contributed by atoms with Crippen LogP contribution >= 0.6 is 11.8 Å². The molecule has 71 heavy (non-hydrogen) atoms. The van der Waals surface area contributed by atoms with Gasteiger partial charge in [-0.3, -0.25) is 0 Å². The van der Waals surface area contributed by atoms with E-state index >= 15 is 0 Å². The predicted molar refractivity (Wildman–Crippen MR) is 304 cm³/mol. The van der Waals surface area contributed by atoms with Crippen molar-refractivity contribution in [3.8, 4) is 22.3 Å². The summed E-state index contributed by atoms with van der Waals surface area (Å²) in [6, 6.07) is 103. The number of hydrogen-bond donors (Lipinski definition) is 0. The zero-order valence-corrected chi connectivity index (χ0v) is 41.6. The maximum absolute atomic E-state index is 6.73. The van der Waals surface area contributed by atoms with Crippen molar-refractivity contribution in [2.24, 2.45) is 0 Å². The molecule has 11 aromatic carbocycles. The van der Waals surface area contributed by atoms with Crippen LogP contribution in [0.1, 0.15) is 0 Å². The standard InChI is InChI=1S/C66H45NOSSi2/c1-4-20-46(21-5-1)47-38-40-48(41-39-47)49-42-44-50(45-43-49)67(54-27-18-30-57-65(54)53-26-10-11-29-56(53)68-57)55-28-19-37-64-66(55)70(51-22-6-2-7-23-51,52-24-8-3-9-25-52)62-35-16-17-36-63(62)71(64)60-33-14-12-31-58(60)69-59-32-13-15-34-61(59)71/h1-45H. The van der Waals surface area contributed by atoms with E-state index in [9.17, 15) is 0 Å². The molecular formula is C66H45NOSSi2. The van der Waals surface area contributed by atoms with Crippen molar-refractivity contribution in [2.45, 2.75) is 9.79 Å². The van der Waals surface area contributed by atoms with Crippen LogP contribution in [-0.2, 0) is 0 Å². The van der Waals surface area contributed by atoms with E-state index in [4.69, 9.17) is 4.42 Å². The van der Waals surface area contributed by atoms with Gasteiger partial charge in [0.05, 0.1) is 11.1 Å². The third kappa shape index (κ3) is 6.27. The number of nitrogens with zero attached hydrogens (tertiary/aromatic N) is 1. The van der Waals surface area contributed by atoms with Crippen LogP contribution in [0.25, 0.3) is 44.2 Å². The summed E-state index contributed by atoms with van der Waals surface area (Å²) in [4.78, 5) is 5.28. The Morgan fingerprint density at radius 3 is 1.37 bits per heavy atom. The number of benzene rings is 11. The molecule has 0 aliphatic carbocycles. The molecule has 3 heterocycles. The molecule has 0 fully saturated rings. The van der Waals surface area contributed by atoms with Crippen molar-refractivity contribution in [1.29, 1.82) is 0 Å². The van der Waals surface area contributed by atoms with Gasteiger partial charge in [0.1, 0.15) is 11.2 Å². The molecule has 12 aromatic rings. The molecule has 1 spiro atoms. The highest BCUT2D eigenvalue weighted by Gasteiger charge is 2.59. The molecule has 1 aromatic heterocycles. The summed E-state index contributed by atoms with van der Waals surface area (Å²) < 4.78 is 6.73. The van der Waals surface area contributed by atoms with Gasteiger partial charge in [-0.25, -0.2) is 0 Å². The Bertz CT molecular complexity index is 3880. The second-order valence-corrected chi connectivity index (χ2v) is 27.1. The van der Waals surface area contributed by atoms with Gasteiger partial charge in [0.15, 0.2) is 16.1 Å². The molecule has 334 valence electrons. The first-order chi connectivity index (χ1) is 35.2. The van der Waals surface area contributed by atoms with E-state index in [0.29, 0.717) is 0 Å². The van der Waals surface area contributed by atoms with E-state index in [1.807, 2.05) is 11.8 Å². The van der Waals surface area contributed by atoms with Crippen LogP contribution in [0, 0.1) is 0 Å². The van der Waals surface area contributed by atoms with Crippen molar-refractivity contribution in [3.63, 3.8) is 0 Å². The van der Waals surface area contributed by atoms with Gasteiger partial charge in [0.25, 0.3) is 0 Å². The van der Waals surface area contributed by atoms with Gasteiger partial charge in [-0.2, -0.15) is 0 Å². The molecule has 0 saturated carbocycles. The number of furan rings is 1. The quantitative estimate of drug-likeness (QED) is 0.148. The fraction of sp³-hybridized carbons (Fsp3) is 0. The Labute approximate surface area is 420 Å². The third-order valence-electron chi connectivity index (χ3n) is 15.1. The Kier molecular flexibility index (Phi) is 9.85. The van der Waals surface area contributed by atoms with Crippen LogP contribution in [0.2, 0.25) is 0 Å². The average molecular weight is 956 g/mol. The summed E-state index contributed by atoms with van der Waals surface area (Å²) in [6.45, 7) is 0. The summed E-state index contributed by atoms with van der Waals surface area (Å²) in [6.07, 6.45) is 0. The zero-order valence-electron chi connectivity index (χ0n) is 38.7. The summed E-state index contributed by atoms with van der Waals surface area (Å²) in [5.41, 5.74) is 9.87. The third-order valence-corrected chi connectivity index (χ3v) is 27.0. The fourth-order valence-electron chi connectivity index (χ4n) is 12.2. The molecule has 0 saturated heterocycles. The summed E-state index contributed by atoms with van der Waals surface area (Å²) in [5.74, 6) is 0. The minimum absolute atomic E-state index is 0.867. The lowest BCUT2D eigenvalue weighted by Crippen LogP contribution is -2.94. The minimum Gasteiger partial charge on any atom is -0.456 e. The van der Waals surface area contributed by atoms with E-state index in [1.54, 1.807) is 0 Å². The minimum atomic E-state index is -3.24. The molecule has 0 amide bonds. The van der Waals surface area contributed by atoms with Gasteiger partial charge in [0, 0.05) is 26.6 Å². The highest BCUT2D eigenvalue weighted by molar-refractivity contribution is 8.00. The maximum Gasteiger partial charge on any atom is 0.181 e. The summed E-state index contributed by atoms with van der Waals surface area (Å²) >= 11 is 1.92. The highest BCUT2D eigenvalue weighted by Crippen LogP contribution is 2.44. The maximum atomic E-state index is 6.73. The van der Waals surface area contributed by atoms with Crippen LogP contribution in [0.4, 0.5) is 17.1 Å². The second-order valence-electron chi connectivity index (χ2n) is 18.6. The van der Waals surface area contributed by atoms with Crippen molar-refractivity contribution in [2.75, 3.05) is 4.90 Å². The van der Waals surface area contributed by atoms with Crippen LogP contribution in [0.3, 0.4) is 0 Å². The molecule has 0 radical (unpaired) electrons. The molecule has 0 atom stereocenters. The Morgan fingerprint density at radius 2 is 0.746 bits per heavy atom. The molecule has 5 heteroatoms. The van der Waals surface area contributed by atoms with Crippen molar-refractivity contribution in [3.05, 3.63) is 273 Å². The van der Waals surface area contributed by atoms with Crippen LogP contribution in [-0.4, -0.2) is 16.1 Å². The van der Waals surface area contributed by atoms with Crippen molar-refractivity contribution < 1.29 is 4.42 Å². The van der Waals surface area contributed by atoms with Crippen LogP contribution < -0.4 is 46.4 Å². The first-order valence-electron chi connectivity index (χ1n) is 24.4. The normalized spacial score (nSPS) is 13.8. The number of fused-ring (bicyclic) bond motifs is 11. The smallest absolute Gasteiger partial charge is 0.181 e. The first-order valence-corrected chi connectivity index (χ1v) is 29.2. The van der Waals surface area contributed by atoms with Gasteiger partial charge in [0.2, 0.25) is 0 Å². The molecule has 0 bridgehead atoms. The Morgan fingerprint density at radius 1 is 0.310 bits per heavy atom. The monoisotopic (exact) mass is 955 g/mol. The van der Waals surface area contributed by atoms with E-state index < -0.39 is 16.1 Å². The lowest BCUT2D eigenvalue weighted by atomic mass is 10.00. The molecule has 2 nitrogen and oxygen atoms in total. The molecule has 2 aliphatic heterocycles. The molecular weight excluding hydrogens is 911 g/mol. The van der Waals surface area contributed by atoms with Crippen molar-refractivity contribution in [1.82, 2.24) is 0 Å². The second kappa shape index (κ2) is 16.7. The predicted octanol–water partition coefficient (Wildman–Crippen LogP) is 11.9. The average Bonchev–Trinajstić information content (AvgIpc) is 3.84. The molecule has 0 unspecified atom stereocenters. The van der Waals surface area contributed by atoms with E-state index in [1.165, 1.54) is 79.2 Å². The van der Waals surface area contributed by atoms with Gasteiger partial charge < -0.3 is 9.32 Å². The molecule has 0 N–H and O–H groups in total. The van der Waals surface area contributed by atoms with Gasteiger partial charge in [-0.05, 0) is 112 Å². The summed E-state index contributed by atoms with van der Waals surface area (Å²) in [7, 11) is -6.33. The number of anilines is 3. The first kappa shape index (κ1) is 41.7. The highest BCUT2D eigenvalue weighted by atomic mass is 32.2. The topological polar surface area (TPSA) is 16.4 Å². The SMILES string of the molecule is c1ccc(-c2ccc(-c3ccc(N(c4cccc5c4[Si](c4ccccc4)(c4ccccc4)c4ccccc4[Si]54c5ccccc5Sc5ccccc54)c4cccc5oc6ccccc6c45)cc3)cc2)cc1. The number of para-hydroxylation sites is 1. The van der Waals surface area contributed by atoms with Crippen molar-refractivity contribution >= 4 is 108 Å². The van der Waals surface area contributed by atoms with Crippen LogP contribution in [0.5, 0.6) is 0 Å². The largest absolute Gasteiger partial charge is 0.456 e. The van der Waals surface area contributed by atoms with E-state index in [-0.39, 0.29) is 0 Å². The zero-order chi connectivity index (χ0) is 46.9. The lowest BCUT2D eigenvalue weighted by molar-refractivity contribution is 0.669. The number of hydrogen-bond acceptors (Lipinski definition) is 3. The Hall–Kier alpha value is -8.20. The lowest BCUT2D eigenvalue weighted by Gasteiger charge is -2.51. The number of rotatable bonds is 7. The van der Waals surface area contributed by atoms with E-state index in [2.05, 4.69) is 278 Å². The molecule has 14 rings (SSSR count). The van der Waals surface area contributed by atoms with Gasteiger partial charge in [-0.15, -0.1) is 0 Å². The fourth-order valence-corrected chi connectivity index (χ4v) is 26.7. The summed E-state index contributed by atoms with van der Waals surface area (Å²) in [5, 5.41) is 13.7. The van der Waals surface area contributed by atoms with Gasteiger partial charge in [-0.1, -0.05) is 236 Å². The Balaban J connectivity index is 1.12. The van der Waals surface area contributed by atoms with E-state index in [0.717, 1.165) is 33.3 Å².